The fourth-order valence-corrected chi connectivity index (χ4v) is 1.72. The third-order valence-electron chi connectivity index (χ3n) is 2.61. The van der Waals surface area contributed by atoms with Gasteiger partial charge in [0, 0.05) is 0 Å². The van der Waals surface area contributed by atoms with Gasteiger partial charge in [0.2, 0.25) is 0 Å². The number of benzene rings is 1. The van der Waals surface area contributed by atoms with Gasteiger partial charge in [0.1, 0.15) is 0 Å². The second-order valence-electron chi connectivity index (χ2n) is 4.02. The van der Waals surface area contributed by atoms with Crippen LogP contribution >= 0.6 is 0 Å². The third-order valence-corrected chi connectivity index (χ3v) is 2.61. The number of aryl methyl sites for hydroxylation is 1. The Labute approximate surface area is 95.1 Å². The first kappa shape index (κ1) is 10.9. The highest BCUT2D eigenvalue weighted by Crippen LogP contribution is 2.21. The molecule has 16 heavy (non-hydrogen) atoms. The first-order chi connectivity index (χ1) is 7.77. The van der Waals surface area contributed by atoms with Crippen LogP contribution in [0.4, 0.5) is 0 Å². The molecule has 0 radical (unpaired) electrons. The summed E-state index contributed by atoms with van der Waals surface area (Å²) < 4.78 is 0. The van der Waals surface area contributed by atoms with E-state index in [0.29, 0.717) is 0 Å². The summed E-state index contributed by atoms with van der Waals surface area (Å²) in [7, 11) is 0. The summed E-state index contributed by atoms with van der Waals surface area (Å²) in [5.41, 5.74) is 3.36. The Hall–Kier alpha value is -1.61. The molecular formula is C13H16N2O. The standard InChI is InChI=1S/C13H16N2O/c1-10(16)7-8-12-9-14-15-13(12)11-5-3-2-4-6-11/h2-6,9-10,16H,7-8H2,1H3,(H,14,15)/t10-/m1/s1. The SMILES string of the molecule is C[C@@H](O)CCc1cn[nH]c1-c1ccccc1. The predicted octanol–water partition coefficient (Wildman–Crippen LogP) is 2.39. The number of H-pyrrole nitrogens is 1. The van der Waals surface area contributed by atoms with E-state index in [2.05, 4.69) is 22.3 Å². The van der Waals surface area contributed by atoms with Crippen molar-refractivity contribution in [3.63, 3.8) is 0 Å². The minimum atomic E-state index is -0.265. The van der Waals surface area contributed by atoms with E-state index in [1.165, 1.54) is 0 Å². The van der Waals surface area contributed by atoms with Gasteiger partial charge in [-0.2, -0.15) is 5.10 Å². The molecule has 0 amide bonds. The van der Waals surface area contributed by atoms with Gasteiger partial charge in [-0.25, -0.2) is 0 Å². The quantitative estimate of drug-likeness (QED) is 0.824. The molecule has 0 saturated carbocycles. The van der Waals surface area contributed by atoms with Crippen molar-refractivity contribution in [1.82, 2.24) is 10.2 Å². The summed E-state index contributed by atoms with van der Waals surface area (Å²) in [5, 5.41) is 16.4. The molecule has 2 aromatic rings. The molecule has 0 unspecified atom stereocenters. The van der Waals surface area contributed by atoms with Crippen molar-refractivity contribution in [2.45, 2.75) is 25.9 Å². The molecule has 0 bridgehead atoms. The van der Waals surface area contributed by atoms with Crippen LogP contribution in [-0.4, -0.2) is 21.4 Å². The molecule has 0 aliphatic heterocycles. The smallest absolute Gasteiger partial charge is 0.0682 e. The number of nitrogens with zero attached hydrogens (tertiary/aromatic N) is 1. The molecule has 0 fully saturated rings. The molecule has 0 aliphatic rings. The van der Waals surface area contributed by atoms with Crippen molar-refractivity contribution in [2.75, 3.05) is 0 Å². The van der Waals surface area contributed by atoms with Crippen LogP contribution in [-0.2, 0) is 6.42 Å². The fraction of sp³-hybridized carbons (Fsp3) is 0.308. The molecule has 0 spiro atoms. The van der Waals surface area contributed by atoms with E-state index < -0.39 is 0 Å². The Kier molecular flexibility index (Phi) is 3.37. The molecule has 1 heterocycles. The maximum Gasteiger partial charge on any atom is 0.0682 e. The van der Waals surface area contributed by atoms with E-state index in [1.54, 1.807) is 0 Å². The van der Waals surface area contributed by atoms with Gasteiger partial charge in [0.05, 0.1) is 18.0 Å². The minimum Gasteiger partial charge on any atom is -0.393 e. The summed E-state index contributed by atoms with van der Waals surface area (Å²) in [6.07, 6.45) is 3.18. The lowest BCUT2D eigenvalue weighted by Crippen LogP contribution is -2.01. The summed E-state index contributed by atoms with van der Waals surface area (Å²) in [6, 6.07) is 10.1. The molecule has 2 N–H and O–H groups in total. The maximum atomic E-state index is 9.28. The van der Waals surface area contributed by atoms with Gasteiger partial charge < -0.3 is 5.11 Å². The molecule has 0 saturated heterocycles. The number of hydrogen-bond acceptors (Lipinski definition) is 2. The van der Waals surface area contributed by atoms with Crippen molar-refractivity contribution in [1.29, 1.82) is 0 Å². The molecule has 84 valence electrons. The largest absolute Gasteiger partial charge is 0.393 e. The lowest BCUT2D eigenvalue weighted by Gasteiger charge is -2.05. The second kappa shape index (κ2) is 4.94. The monoisotopic (exact) mass is 216 g/mol. The van der Waals surface area contributed by atoms with E-state index in [4.69, 9.17) is 0 Å². The van der Waals surface area contributed by atoms with E-state index >= 15 is 0 Å². The van der Waals surface area contributed by atoms with Gasteiger partial charge >= 0.3 is 0 Å². The van der Waals surface area contributed by atoms with Crippen LogP contribution in [0.3, 0.4) is 0 Å². The fourth-order valence-electron chi connectivity index (χ4n) is 1.72. The number of hydrogen-bond donors (Lipinski definition) is 2. The van der Waals surface area contributed by atoms with Crippen molar-refractivity contribution in [3.05, 3.63) is 42.1 Å². The highest BCUT2D eigenvalue weighted by atomic mass is 16.3. The summed E-state index contributed by atoms with van der Waals surface area (Å²) in [4.78, 5) is 0. The molecule has 0 aliphatic carbocycles. The van der Waals surface area contributed by atoms with Gasteiger partial charge in [0.25, 0.3) is 0 Å². The van der Waals surface area contributed by atoms with Crippen LogP contribution in [0.1, 0.15) is 18.9 Å². The molecule has 1 aromatic carbocycles. The van der Waals surface area contributed by atoms with Gasteiger partial charge in [-0.3, -0.25) is 5.10 Å². The van der Waals surface area contributed by atoms with E-state index in [-0.39, 0.29) is 6.10 Å². The summed E-state index contributed by atoms with van der Waals surface area (Å²) in [6.45, 7) is 1.81. The average Bonchev–Trinajstić information content (AvgIpc) is 2.75. The third kappa shape index (κ3) is 2.49. The van der Waals surface area contributed by atoms with Crippen LogP contribution < -0.4 is 0 Å². The van der Waals surface area contributed by atoms with Gasteiger partial charge in [-0.1, -0.05) is 30.3 Å². The van der Waals surface area contributed by atoms with Gasteiger partial charge in [0.15, 0.2) is 0 Å². The zero-order valence-electron chi connectivity index (χ0n) is 9.35. The Morgan fingerprint density at radius 2 is 2.06 bits per heavy atom. The summed E-state index contributed by atoms with van der Waals surface area (Å²) >= 11 is 0. The molecule has 3 heteroatoms. The van der Waals surface area contributed by atoms with Crippen molar-refractivity contribution in [3.8, 4) is 11.3 Å². The van der Waals surface area contributed by atoms with Crippen molar-refractivity contribution in [2.24, 2.45) is 0 Å². The number of aliphatic hydroxyl groups excluding tert-OH is 1. The van der Waals surface area contributed by atoms with Crippen LogP contribution in [0, 0.1) is 0 Å². The number of aromatic amines is 1. The minimum absolute atomic E-state index is 0.265. The zero-order valence-corrected chi connectivity index (χ0v) is 9.35. The number of nitrogens with one attached hydrogen (secondary N) is 1. The molecule has 1 aromatic heterocycles. The topological polar surface area (TPSA) is 48.9 Å². The number of rotatable bonds is 4. The normalized spacial score (nSPS) is 12.6. The van der Waals surface area contributed by atoms with E-state index in [9.17, 15) is 5.11 Å². The lowest BCUT2D eigenvalue weighted by molar-refractivity contribution is 0.185. The Morgan fingerprint density at radius 1 is 1.31 bits per heavy atom. The van der Waals surface area contributed by atoms with Gasteiger partial charge in [-0.05, 0) is 30.9 Å². The van der Waals surface area contributed by atoms with Crippen LogP contribution in [0.2, 0.25) is 0 Å². The lowest BCUT2D eigenvalue weighted by atomic mass is 10.0. The second-order valence-corrected chi connectivity index (χ2v) is 4.02. The molecule has 3 nitrogen and oxygen atoms in total. The van der Waals surface area contributed by atoms with E-state index in [1.807, 2.05) is 31.3 Å². The highest BCUT2D eigenvalue weighted by Gasteiger charge is 2.07. The number of aromatic nitrogens is 2. The van der Waals surface area contributed by atoms with Crippen molar-refractivity contribution >= 4 is 0 Å². The molecular weight excluding hydrogens is 200 g/mol. The predicted molar refractivity (Wildman–Crippen MR) is 64.0 cm³/mol. The van der Waals surface area contributed by atoms with Gasteiger partial charge in [-0.15, -0.1) is 0 Å². The Balaban J connectivity index is 2.19. The first-order valence-electron chi connectivity index (χ1n) is 5.53. The zero-order chi connectivity index (χ0) is 11.4. The first-order valence-corrected chi connectivity index (χ1v) is 5.53. The highest BCUT2D eigenvalue weighted by molar-refractivity contribution is 5.62. The van der Waals surface area contributed by atoms with E-state index in [0.717, 1.165) is 29.7 Å². The molecule has 1 atom stereocenters. The Bertz CT molecular complexity index is 434. The summed E-state index contributed by atoms with van der Waals surface area (Å²) in [5.74, 6) is 0. The maximum absolute atomic E-state index is 9.28. The number of aliphatic hydroxyl groups is 1. The van der Waals surface area contributed by atoms with Crippen LogP contribution in [0.25, 0.3) is 11.3 Å². The molecule has 2 rings (SSSR count). The van der Waals surface area contributed by atoms with Crippen molar-refractivity contribution < 1.29 is 5.11 Å². The van der Waals surface area contributed by atoms with Crippen LogP contribution in [0.15, 0.2) is 36.5 Å². The van der Waals surface area contributed by atoms with Crippen LogP contribution in [0.5, 0.6) is 0 Å². The Morgan fingerprint density at radius 3 is 2.75 bits per heavy atom. The average molecular weight is 216 g/mol.